The van der Waals surface area contributed by atoms with Gasteiger partial charge in [-0.2, -0.15) is 4.98 Å². The van der Waals surface area contributed by atoms with Crippen LogP contribution in [0.1, 0.15) is 23.4 Å². The molecule has 0 atom stereocenters. The highest BCUT2D eigenvalue weighted by Gasteiger charge is 2.23. The maximum Gasteiger partial charge on any atom is 0.332 e. The maximum absolute atomic E-state index is 13.3. The SMILES string of the molecule is COC(=O)CCn1c(=O)c2c(nc3n(-c4cccc(C)c4)c(C)c(C)n23)n(C)c1=O. The van der Waals surface area contributed by atoms with Crippen LogP contribution in [0.15, 0.2) is 33.9 Å². The molecule has 9 heteroatoms. The summed E-state index contributed by atoms with van der Waals surface area (Å²) in [5.74, 6) is 0.0727. The Bertz CT molecular complexity index is 1430. The van der Waals surface area contributed by atoms with Crippen molar-refractivity contribution < 1.29 is 9.53 Å². The van der Waals surface area contributed by atoms with Crippen LogP contribution in [0, 0.1) is 20.8 Å². The highest BCUT2D eigenvalue weighted by Crippen LogP contribution is 2.24. The van der Waals surface area contributed by atoms with E-state index in [1.165, 1.54) is 11.7 Å². The molecule has 9 nitrogen and oxygen atoms in total. The minimum absolute atomic E-state index is 0.0576. The number of aryl methyl sites for hydroxylation is 3. The van der Waals surface area contributed by atoms with Crippen LogP contribution in [0.25, 0.3) is 22.6 Å². The number of nitrogens with zero attached hydrogens (tertiary/aromatic N) is 5. The minimum Gasteiger partial charge on any atom is -0.469 e. The number of methoxy groups -OCH3 is 1. The smallest absolute Gasteiger partial charge is 0.332 e. The summed E-state index contributed by atoms with van der Waals surface area (Å²) in [4.78, 5) is 42.2. The second-order valence-electron chi connectivity index (χ2n) is 7.39. The Hall–Kier alpha value is -3.62. The van der Waals surface area contributed by atoms with Crippen molar-refractivity contribution in [2.75, 3.05) is 7.11 Å². The predicted molar refractivity (Wildman–Crippen MR) is 112 cm³/mol. The van der Waals surface area contributed by atoms with E-state index >= 15 is 0 Å². The molecular weight excluding hydrogens is 386 g/mol. The van der Waals surface area contributed by atoms with Gasteiger partial charge >= 0.3 is 11.7 Å². The van der Waals surface area contributed by atoms with Gasteiger partial charge in [-0.3, -0.25) is 27.7 Å². The number of rotatable bonds is 4. The van der Waals surface area contributed by atoms with Crippen molar-refractivity contribution in [2.24, 2.45) is 7.05 Å². The summed E-state index contributed by atoms with van der Waals surface area (Å²) in [5.41, 5.74) is 3.44. The normalized spacial score (nSPS) is 11.5. The van der Waals surface area contributed by atoms with Crippen molar-refractivity contribution >= 4 is 22.9 Å². The summed E-state index contributed by atoms with van der Waals surface area (Å²) in [5, 5.41) is 0. The van der Waals surface area contributed by atoms with Crippen LogP contribution in [0.5, 0.6) is 0 Å². The number of hydrogen-bond acceptors (Lipinski definition) is 5. The van der Waals surface area contributed by atoms with Crippen LogP contribution in [0.3, 0.4) is 0 Å². The van der Waals surface area contributed by atoms with E-state index < -0.39 is 17.2 Å². The van der Waals surface area contributed by atoms with Gasteiger partial charge in [0.15, 0.2) is 11.2 Å². The quantitative estimate of drug-likeness (QED) is 0.478. The molecule has 4 aromatic rings. The van der Waals surface area contributed by atoms with Crippen LogP contribution in [-0.4, -0.2) is 36.2 Å². The molecule has 3 heterocycles. The first-order chi connectivity index (χ1) is 14.3. The van der Waals surface area contributed by atoms with E-state index in [-0.39, 0.29) is 13.0 Å². The second-order valence-corrected chi connectivity index (χ2v) is 7.39. The number of imidazole rings is 2. The van der Waals surface area contributed by atoms with Gasteiger partial charge in [0.2, 0.25) is 5.78 Å². The standard InChI is InChI=1S/C21H23N5O4/c1-12-7-6-8-15(11-12)25-13(2)14(3)26-17-18(22-20(25)26)23(4)21(29)24(19(17)28)10-9-16(27)30-5/h6-8,11H,9-10H2,1-5H3. The molecule has 0 aliphatic rings. The zero-order valence-electron chi connectivity index (χ0n) is 17.6. The Morgan fingerprint density at radius 1 is 1.13 bits per heavy atom. The lowest BCUT2D eigenvalue weighted by molar-refractivity contribution is -0.140. The third kappa shape index (κ3) is 2.77. The van der Waals surface area contributed by atoms with Gasteiger partial charge < -0.3 is 4.74 Å². The monoisotopic (exact) mass is 409 g/mol. The van der Waals surface area contributed by atoms with E-state index in [1.54, 1.807) is 11.4 Å². The van der Waals surface area contributed by atoms with Crippen LogP contribution in [-0.2, 0) is 23.1 Å². The summed E-state index contributed by atoms with van der Waals surface area (Å²) in [6, 6.07) is 8.00. The van der Waals surface area contributed by atoms with Crippen molar-refractivity contribution in [2.45, 2.75) is 33.7 Å². The molecule has 0 amide bonds. The molecule has 3 aromatic heterocycles. The molecule has 1 aromatic carbocycles. The van der Waals surface area contributed by atoms with Crippen molar-refractivity contribution in [3.63, 3.8) is 0 Å². The average Bonchev–Trinajstić information content (AvgIpc) is 3.21. The third-order valence-electron chi connectivity index (χ3n) is 5.55. The van der Waals surface area contributed by atoms with E-state index in [0.717, 1.165) is 27.2 Å². The molecule has 0 unspecified atom stereocenters. The van der Waals surface area contributed by atoms with Gasteiger partial charge in [0.05, 0.1) is 13.5 Å². The number of benzene rings is 1. The highest BCUT2D eigenvalue weighted by atomic mass is 16.5. The third-order valence-corrected chi connectivity index (χ3v) is 5.55. The lowest BCUT2D eigenvalue weighted by Crippen LogP contribution is -2.40. The van der Waals surface area contributed by atoms with E-state index in [1.807, 2.05) is 49.6 Å². The number of carbonyl (C=O) groups is 1. The fraction of sp³-hybridized carbons (Fsp3) is 0.333. The van der Waals surface area contributed by atoms with E-state index in [4.69, 9.17) is 0 Å². The molecule has 0 aliphatic carbocycles. The number of ether oxygens (including phenoxy) is 1. The molecule has 30 heavy (non-hydrogen) atoms. The number of hydrogen-bond donors (Lipinski definition) is 0. The highest BCUT2D eigenvalue weighted by molar-refractivity contribution is 5.77. The molecule has 0 fully saturated rings. The average molecular weight is 409 g/mol. The van der Waals surface area contributed by atoms with E-state index in [0.29, 0.717) is 16.9 Å². The van der Waals surface area contributed by atoms with Gasteiger partial charge in [0.1, 0.15) is 0 Å². The van der Waals surface area contributed by atoms with Gasteiger partial charge in [0.25, 0.3) is 5.56 Å². The fourth-order valence-corrected chi connectivity index (χ4v) is 3.83. The first kappa shape index (κ1) is 19.7. The van der Waals surface area contributed by atoms with E-state index in [9.17, 15) is 14.4 Å². The van der Waals surface area contributed by atoms with Gasteiger partial charge in [-0.25, -0.2) is 4.79 Å². The summed E-state index contributed by atoms with van der Waals surface area (Å²) < 4.78 is 10.8. The summed E-state index contributed by atoms with van der Waals surface area (Å²) >= 11 is 0. The molecule has 0 N–H and O–H groups in total. The number of carbonyl (C=O) groups excluding carboxylic acids is 1. The lowest BCUT2D eigenvalue weighted by Gasteiger charge is -2.08. The van der Waals surface area contributed by atoms with Gasteiger partial charge in [-0.15, -0.1) is 0 Å². The summed E-state index contributed by atoms with van der Waals surface area (Å²) in [6.45, 7) is 5.84. The van der Waals surface area contributed by atoms with Gasteiger partial charge in [-0.1, -0.05) is 12.1 Å². The van der Waals surface area contributed by atoms with Crippen molar-refractivity contribution in [1.29, 1.82) is 0 Å². The Kier molecular flexibility index (Phi) is 4.60. The predicted octanol–water partition coefficient (Wildman–Crippen LogP) is 1.63. The summed E-state index contributed by atoms with van der Waals surface area (Å²) in [7, 11) is 2.84. The molecule has 4 rings (SSSR count). The molecular formula is C21H23N5O4. The molecule has 0 aliphatic heterocycles. The Morgan fingerprint density at radius 2 is 1.87 bits per heavy atom. The van der Waals surface area contributed by atoms with Crippen LogP contribution in [0.4, 0.5) is 0 Å². The zero-order valence-corrected chi connectivity index (χ0v) is 17.6. The molecule has 0 saturated heterocycles. The van der Waals surface area contributed by atoms with Crippen molar-refractivity contribution in [3.8, 4) is 5.69 Å². The largest absolute Gasteiger partial charge is 0.469 e. The molecule has 156 valence electrons. The first-order valence-corrected chi connectivity index (χ1v) is 9.60. The maximum atomic E-state index is 13.3. The minimum atomic E-state index is -0.520. The number of fused-ring (bicyclic) bond motifs is 3. The lowest BCUT2D eigenvalue weighted by atomic mass is 10.2. The van der Waals surface area contributed by atoms with Crippen molar-refractivity contribution in [3.05, 3.63) is 62.1 Å². The van der Waals surface area contributed by atoms with E-state index in [2.05, 4.69) is 9.72 Å². The van der Waals surface area contributed by atoms with Gasteiger partial charge in [0, 0.05) is 30.7 Å². The molecule has 0 radical (unpaired) electrons. The van der Waals surface area contributed by atoms with Crippen molar-refractivity contribution in [1.82, 2.24) is 23.1 Å². The van der Waals surface area contributed by atoms with Crippen LogP contribution >= 0.6 is 0 Å². The molecule has 0 saturated carbocycles. The summed E-state index contributed by atoms with van der Waals surface area (Å²) in [6.07, 6.45) is -0.0680. The Balaban J connectivity index is 2.07. The number of esters is 1. The Labute approximate surface area is 171 Å². The van der Waals surface area contributed by atoms with Gasteiger partial charge in [-0.05, 0) is 38.5 Å². The second kappa shape index (κ2) is 7.01. The Morgan fingerprint density at radius 3 is 2.53 bits per heavy atom. The topological polar surface area (TPSA) is 92.5 Å². The number of aromatic nitrogens is 5. The first-order valence-electron chi connectivity index (χ1n) is 9.60. The zero-order chi connectivity index (χ0) is 21.7. The molecule has 0 spiro atoms. The molecule has 0 bridgehead atoms. The fourth-order valence-electron chi connectivity index (χ4n) is 3.83. The van der Waals surface area contributed by atoms with Crippen LogP contribution < -0.4 is 11.2 Å². The van der Waals surface area contributed by atoms with Crippen LogP contribution in [0.2, 0.25) is 0 Å².